The van der Waals surface area contributed by atoms with Crippen molar-refractivity contribution in [1.29, 1.82) is 0 Å². The number of rotatable bonds is 7. The second-order valence-electron chi connectivity index (χ2n) is 10.0. The van der Waals surface area contributed by atoms with Crippen molar-refractivity contribution in [3.8, 4) is 0 Å². The van der Waals surface area contributed by atoms with E-state index < -0.39 is 10.0 Å². The van der Waals surface area contributed by atoms with Crippen molar-refractivity contribution in [2.45, 2.75) is 50.2 Å². The van der Waals surface area contributed by atoms with Crippen molar-refractivity contribution in [2.75, 3.05) is 24.6 Å². The van der Waals surface area contributed by atoms with Gasteiger partial charge in [-0.15, -0.1) is 0 Å². The van der Waals surface area contributed by atoms with Gasteiger partial charge < -0.3 is 4.74 Å². The van der Waals surface area contributed by atoms with Gasteiger partial charge in [-0.2, -0.15) is 4.31 Å². The van der Waals surface area contributed by atoms with Gasteiger partial charge in [0.05, 0.1) is 27.8 Å². The lowest BCUT2D eigenvalue weighted by molar-refractivity contribution is 0.0917. The molecule has 0 spiro atoms. The van der Waals surface area contributed by atoms with E-state index in [2.05, 4.69) is 19.1 Å². The Bertz CT molecular complexity index is 1610. The van der Waals surface area contributed by atoms with Gasteiger partial charge >= 0.3 is 0 Å². The molecule has 1 saturated heterocycles. The number of ether oxygens (including phenoxy) is 1. The molecule has 0 radical (unpaired) electrons. The SMILES string of the molecule is CCc1cccc2sc(N(CC3CCCO3)C(=O)c3ccc(S(=O)(=O)N4CCc5ccccc5C4)cc3)nc12. The van der Waals surface area contributed by atoms with E-state index in [-0.39, 0.29) is 16.9 Å². The van der Waals surface area contributed by atoms with E-state index in [9.17, 15) is 13.2 Å². The fourth-order valence-electron chi connectivity index (χ4n) is 5.38. The van der Waals surface area contributed by atoms with E-state index >= 15 is 0 Å². The van der Waals surface area contributed by atoms with Crippen LogP contribution in [0.3, 0.4) is 0 Å². The lowest BCUT2D eigenvalue weighted by Gasteiger charge is -2.28. The van der Waals surface area contributed by atoms with Crippen molar-refractivity contribution < 1.29 is 17.9 Å². The Kier molecular flexibility index (Phi) is 7.24. The molecule has 6 rings (SSSR count). The summed E-state index contributed by atoms with van der Waals surface area (Å²) < 4.78 is 35.3. The Labute approximate surface area is 233 Å². The molecule has 2 aliphatic heterocycles. The Morgan fingerprint density at radius 1 is 1.08 bits per heavy atom. The summed E-state index contributed by atoms with van der Waals surface area (Å²) >= 11 is 1.50. The zero-order chi connectivity index (χ0) is 27.0. The van der Waals surface area contributed by atoms with Gasteiger partial charge in [-0.25, -0.2) is 13.4 Å². The van der Waals surface area contributed by atoms with Crippen molar-refractivity contribution in [1.82, 2.24) is 9.29 Å². The molecule has 0 aliphatic carbocycles. The van der Waals surface area contributed by atoms with Gasteiger partial charge in [0.25, 0.3) is 5.91 Å². The average Bonchev–Trinajstić information content (AvgIpc) is 3.65. The summed E-state index contributed by atoms with van der Waals surface area (Å²) in [5.41, 5.74) is 4.72. The largest absolute Gasteiger partial charge is 0.376 e. The van der Waals surface area contributed by atoms with E-state index in [1.54, 1.807) is 29.2 Å². The first-order valence-corrected chi connectivity index (χ1v) is 15.7. The molecular formula is C30H31N3O4S2. The van der Waals surface area contributed by atoms with E-state index in [1.807, 2.05) is 30.3 Å². The second kappa shape index (κ2) is 10.8. The van der Waals surface area contributed by atoms with Gasteiger partial charge in [-0.05, 0) is 72.7 Å². The summed E-state index contributed by atoms with van der Waals surface area (Å²) in [6.45, 7) is 3.99. The van der Waals surface area contributed by atoms with Gasteiger partial charge in [0.2, 0.25) is 10.0 Å². The highest BCUT2D eigenvalue weighted by atomic mass is 32.2. The van der Waals surface area contributed by atoms with Crippen LogP contribution in [0.1, 0.15) is 46.8 Å². The van der Waals surface area contributed by atoms with Crippen molar-refractivity contribution in [3.63, 3.8) is 0 Å². The van der Waals surface area contributed by atoms with Crippen LogP contribution in [-0.2, 0) is 34.1 Å². The predicted octanol–water partition coefficient (Wildman–Crippen LogP) is 5.43. The standard InChI is InChI=1S/C30H31N3O4S2/c1-2-21-9-5-11-27-28(21)31-30(38-27)33(20-25-10-6-18-37-25)29(34)23-12-14-26(15-13-23)39(35,36)32-17-16-22-7-3-4-8-24(22)19-32/h3-5,7-9,11-15,25H,2,6,10,16-20H2,1H3. The van der Waals surface area contributed by atoms with Crippen molar-refractivity contribution in [2.24, 2.45) is 0 Å². The van der Waals surface area contributed by atoms with Crippen molar-refractivity contribution >= 4 is 42.6 Å². The number of hydrogen-bond acceptors (Lipinski definition) is 6. The molecule has 4 aromatic rings. The third-order valence-electron chi connectivity index (χ3n) is 7.59. The summed E-state index contributed by atoms with van der Waals surface area (Å²) in [5, 5.41) is 0.634. The molecule has 202 valence electrons. The number of para-hydroxylation sites is 1. The van der Waals surface area contributed by atoms with Crippen LogP contribution in [0.5, 0.6) is 0 Å². The molecule has 0 bridgehead atoms. The molecule has 1 atom stereocenters. The number of aromatic nitrogens is 1. The smallest absolute Gasteiger partial charge is 0.260 e. The number of carbonyl (C=O) groups is 1. The van der Waals surface area contributed by atoms with Crippen LogP contribution in [0.2, 0.25) is 0 Å². The van der Waals surface area contributed by atoms with Crippen LogP contribution in [0.25, 0.3) is 10.2 Å². The number of carbonyl (C=O) groups excluding carboxylic acids is 1. The Hall–Kier alpha value is -3.11. The first kappa shape index (κ1) is 26.1. The molecule has 3 heterocycles. The summed E-state index contributed by atoms with van der Waals surface area (Å²) in [6, 6.07) is 20.4. The number of sulfonamides is 1. The molecule has 3 aromatic carbocycles. The van der Waals surface area contributed by atoms with Gasteiger partial charge in [-0.3, -0.25) is 9.69 Å². The van der Waals surface area contributed by atoms with Crippen LogP contribution in [0.15, 0.2) is 71.6 Å². The highest BCUT2D eigenvalue weighted by Gasteiger charge is 2.30. The van der Waals surface area contributed by atoms with E-state index in [0.717, 1.165) is 40.6 Å². The van der Waals surface area contributed by atoms with Crippen LogP contribution >= 0.6 is 11.3 Å². The number of amides is 1. The molecule has 39 heavy (non-hydrogen) atoms. The summed E-state index contributed by atoms with van der Waals surface area (Å²) in [6.07, 6.45) is 3.36. The molecule has 1 fully saturated rings. The second-order valence-corrected chi connectivity index (χ2v) is 13.0. The maximum atomic E-state index is 13.8. The normalized spacial score (nSPS) is 17.8. The minimum Gasteiger partial charge on any atom is -0.376 e. The number of nitrogens with zero attached hydrogens (tertiary/aromatic N) is 3. The highest BCUT2D eigenvalue weighted by molar-refractivity contribution is 7.89. The summed E-state index contributed by atoms with van der Waals surface area (Å²) in [4.78, 5) is 20.6. The molecule has 0 N–H and O–H groups in total. The molecule has 1 aromatic heterocycles. The molecule has 9 heteroatoms. The average molecular weight is 562 g/mol. The lowest BCUT2D eigenvalue weighted by Crippen LogP contribution is -2.37. The molecule has 7 nitrogen and oxygen atoms in total. The van der Waals surface area contributed by atoms with E-state index in [0.29, 0.717) is 43.4 Å². The minimum atomic E-state index is -3.69. The maximum Gasteiger partial charge on any atom is 0.260 e. The third-order valence-corrected chi connectivity index (χ3v) is 10.5. The third kappa shape index (κ3) is 5.12. The minimum absolute atomic E-state index is 0.0479. The van der Waals surface area contributed by atoms with Crippen LogP contribution < -0.4 is 4.90 Å². The Balaban J connectivity index is 1.27. The number of anilines is 1. The Morgan fingerprint density at radius 3 is 2.62 bits per heavy atom. The number of fused-ring (bicyclic) bond motifs is 2. The first-order chi connectivity index (χ1) is 18.9. The monoisotopic (exact) mass is 561 g/mol. The fraction of sp³-hybridized carbons (Fsp3) is 0.333. The summed E-state index contributed by atoms with van der Waals surface area (Å²) in [7, 11) is -3.69. The van der Waals surface area contributed by atoms with Gasteiger partial charge in [0, 0.05) is 25.3 Å². The van der Waals surface area contributed by atoms with Gasteiger partial charge in [0.1, 0.15) is 0 Å². The zero-order valence-corrected chi connectivity index (χ0v) is 23.5. The molecule has 1 amide bonds. The fourth-order valence-corrected chi connectivity index (χ4v) is 7.82. The van der Waals surface area contributed by atoms with Crippen molar-refractivity contribution in [3.05, 3.63) is 89.0 Å². The number of thiazole rings is 1. The van der Waals surface area contributed by atoms with Gasteiger partial charge in [0.15, 0.2) is 5.13 Å². The number of aryl methyl sites for hydroxylation is 1. The van der Waals surface area contributed by atoms with E-state index in [4.69, 9.17) is 9.72 Å². The first-order valence-electron chi connectivity index (χ1n) is 13.4. The van der Waals surface area contributed by atoms with Crippen LogP contribution in [0, 0.1) is 0 Å². The molecule has 2 aliphatic rings. The van der Waals surface area contributed by atoms with E-state index in [1.165, 1.54) is 21.2 Å². The molecule has 0 saturated carbocycles. The highest BCUT2D eigenvalue weighted by Crippen LogP contribution is 2.33. The molecule has 1 unspecified atom stereocenters. The van der Waals surface area contributed by atoms with Crippen LogP contribution in [-0.4, -0.2) is 49.4 Å². The molecular weight excluding hydrogens is 530 g/mol. The quantitative estimate of drug-likeness (QED) is 0.301. The summed E-state index contributed by atoms with van der Waals surface area (Å²) in [5.74, 6) is -0.210. The lowest BCUT2D eigenvalue weighted by atomic mass is 10.0. The number of hydrogen-bond donors (Lipinski definition) is 0. The predicted molar refractivity (Wildman–Crippen MR) is 154 cm³/mol. The van der Waals surface area contributed by atoms with Gasteiger partial charge in [-0.1, -0.05) is 54.7 Å². The topological polar surface area (TPSA) is 79.8 Å². The van der Waals surface area contributed by atoms with Crippen LogP contribution in [0.4, 0.5) is 5.13 Å². The number of benzene rings is 3. The zero-order valence-electron chi connectivity index (χ0n) is 21.9. The maximum absolute atomic E-state index is 13.8. The Morgan fingerprint density at radius 2 is 1.87 bits per heavy atom.